The van der Waals surface area contributed by atoms with Crippen molar-refractivity contribution in [3.8, 4) is 0 Å². The molecule has 1 aromatic heterocycles. The van der Waals surface area contributed by atoms with Crippen LogP contribution in [0.4, 0.5) is 10.8 Å². The number of nitrogens with zero attached hydrogens (tertiary/aromatic N) is 3. The number of nitrogens with one attached hydrogen (secondary N) is 1. The highest BCUT2D eigenvalue weighted by atomic mass is 35.5. The van der Waals surface area contributed by atoms with Crippen molar-refractivity contribution in [2.45, 2.75) is 15.0 Å². The maximum absolute atomic E-state index is 12.5. The summed E-state index contributed by atoms with van der Waals surface area (Å²) < 4.78 is 0.678. The van der Waals surface area contributed by atoms with Gasteiger partial charge in [-0.25, -0.2) is 0 Å². The van der Waals surface area contributed by atoms with Crippen LogP contribution < -0.4 is 10.2 Å². The number of amides is 2. The summed E-state index contributed by atoms with van der Waals surface area (Å²) in [5, 5.41) is 12.4. The maximum atomic E-state index is 12.5. The number of halogens is 2. The van der Waals surface area contributed by atoms with Crippen molar-refractivity contribution in [3.63, 3.8) is 0 Å². The molecule has 3 aromatic rings. The third-order valence-electron chi connectivity index (χ3n) is 4.16. The van der Waals surface area contributed by atoms with Gasteiger partial charge < -0.3 is 4.90 Å². The van der Waals surface area contributed by atoms with Gasteiger partial charge in [-0.3, -0.25) is 14.9 Å². The Morgan fingerprint density at radius 2 is 1.90 bits per heavy atom. The zero-order valence-electron chi connectivity index (χ0n) is 15.3. The molecule has 2 amide bonds. The first-order chi connectivity index (χ1) is 14.5. The predicted octanol–water partition coefficient (Wildman–Crippen LogP) is 5.21. The SMILES string of the molecule is O=C(CN1C(=O)CSc2ccccc21)Nc1nnc(SCc2c(Cl)cccc2Cl)s1. The number of hydrogen-bond donors (Lipinski definition) is 1. The summed E-state index contributed by atoms with van der Waals surface area (Å²) in [5.74, 6) is 0.428. The zero-order valence-corrected chi connectivity index (χ0v) is 19.3. The number of fused-ring (bicyclic) bond motifs is 1. The van der Waals surface area contributed by atoms with Gasteiger partial charge >= 0.3 is 0 Å². The van der Waals surface area contributed by atoms with E-state index in [1.807, 2.05) is 24.3 Å². The lowest BCUT2D eigenvalue weighted by Gasteiger charge is -2.28. The molecule has 1 N–H and O–H groups in total. The summed E-state index contributed by atoms with van der Waals surface area (Å²) in [7, 11) is 0. The zero-order chi connectivity index (χ0) is 21.1. The van der Waals surface area contributed by atoms with E-state index in [-0.39, 0.29) is 18.4 Å². The van der Waals surface area contributed by atoms with Crippen molar-refractivity contribution < 1.29 is 9.59 Å². The third kappa shape index (κ3) is 4.92. The van der Waals surface area contributed by atoms with Crippen molar-refractivity contribution in [1.29, 1.82) is 0 Å². The summed E-state index contributed by atoms with van der Waals surface area (Å²) in [5.41, 5.74) is 1.57. The highest BCUT2D eigenvalue weighted by Crippen LogP contribution is 2.35. The van der Waals surface area contributed by atoms with E-state index in [9.17, 15) is 9.59 Å². The summed E-state index contributed by atoms with van der Waals surface area (Å²) in [6.07, 6.45) is 0. The van der Waals surface area contributed by atoms with Crippen molar-refractivity contribution >= 4 is 80.7 Å². The van der Waals surface area contributed by atoms with Crippen LogP contribution in [-0.2, 0) is 15.3 Å². The number of hydrogen-bond acceptors (Lipinski definition) is 7. The van der Waals surface area contributed by atoms with Crippen molar-refractivity contribution in [2.75, 3.05) is 22.5 Å². The molecule has 0 unspecified atom stereocenters. The van der Waals surface area contributed by atoms with Crippen molar-refractivity contribution in [1.82, 2.24) is 10.2 Å². The number of rotatable bonds is 6. The molecular formula is C19H14Cl2N4O2S3. The fourth-order valence-corrected chi connectivity index (χ4v) is 6.20. The van der Waals surface area contributed by atoms with E-state index in [0.717, 1.165) is 16.1 Å². The number of carbonyl (C=O) groups excluding carboxylic acids is 2. The van der Waals surface area contributed by atoms with Gasteiger partial charge in [0.1, 0.15) is 6.54 Å². The maximum Gasteiger partial charge on any atom is 0.246 e. The molecule has 154 valence electrons. The minimum atomic E-state index is -0.327. The van der Waals surface area contributed by atoms with Crippen molar-refractivity contribution in [2.24, 2.45) is 0 Å². The van der Waals surface area contributed by atoms with Gasteiger partial charge in [0.25, 0.3) is 0 Å². The first kappa shape index (κ1) is 21.5. The quantitative estimate of drug-likeness (QED) is 0.372. The number of carbonyl (C=O) groups is 2. The number of para-hydroxylation sites is 1. The molecule has 0 saturated heterocycles. The van der Waals surface area contributed by atoms with Crippen LogP contribution in [0, 0.1) is 0 Å². The number of aromatic nitrogens is 2. The minimum absolute atomic E-state index is 0.0757. The van der Waals surface area contributed by atoms with Crippen LogP contribution in [-0.4, -0.2) is 34.3 Å². The topological polar surface area (TPSA) is 75.2 Å². The van der Waals surface area contributed by atoms with Crippen LogP contribution in [0.25, 0.3) is 0 Å². The predicted molar refractivity (Wildman–Crippen MR) is 124 cm³/mol. The van der Waals surface area contributed by atoms with Gasteiger partial charge in [0.05, 0.1) is 11.4 Å². The second-order valence-electron chi connectivity index (χ2n) is 6.15. The Balaban J connectivity index is 1.37. The Labute approximate surface area is 195 Å². The summed E-state index contributed by atoms with van der Waals surface area (Å²) in [6.45, 7) is -0.0757. The van der Waals surface area contributed by atoms with Crippen LogP contribution >= 0.6 is 58.1 Å². The molecule has 1 aliphatic heterocycles. The lowest BCUT2D eigenvalue weighted by atomic mass is 10.2. The fraction of sp³-hybridized carbons (Fsp3) is 0.158. The minimum Gasteiger partial charge on any atom is -0.301 e. The largest absolute Gasteiger partial charge is 0.301 e. The Kier molecular flexibility index (Phi) is 6.84. The second kappa shape index (κ2) is 9.57. The molecule has 6 nitrogen and oxygen atoms in total. The van der Waals surface area contributed by atoms with Gasteiger partial charge in [-0.15, -0.1) is 22.0 Å². The van der Waals surface area contributed by atoms with Gasteiger partial charge in [0, 0.05) is 20.7 Å². The van der Waals surface area contributed by atoms with E-state index in [4.69, 9.17) is 23.2 Å². The number of thioether (sulfide) groups is 2. The highest BCUT2D eigenvalue weighted by molar-refractivity contribution is 8.00. The average molecular weight is 497 g/mol. The van der Waals surface area contributed by atoms with E-state index < -0.39 is 0 Å². The van der Waals surface area contributed by atoms with Crippen LogP contribution in [0.3, 0.4) is 0 Å². The molecule has 0 spiro atoms. The summed E-state index contributed by atoms with van der Waals surface area (Å²) in [4.78, 5) is 27.3. The van der Waals surface area contributed by atoms with Crippen LogP contribution in [0.5, 0.6) is 0 Å². The molecule has 0 fully saturated rings. The first-order valence-electron chi connectivity index (χ1n) is 8.72. The lowest BCUT2D eigenvalue weighted by Crippen LogP contribution is -2.41. The highest BCUT2D eigenvalue weighted by Gasteiger charge is 2.26. The van der Waals surface area contributed by atoms with Crippen LogP contribution in [0.1, 0.15) is 5.56 Å². The number of anilines is 2. The van der Waals surface area contributed by atoms with Gasteiger partial charge in [-0.2, -0.15) is 0 Å². The first-order valence-corrected chi connectivity index (χ1v) is 12.3. The molecule has 2 aromatic carbocycles. The molecule has 1 aliphatic rings. The van der Waals surface area contributed by atoms with E-state index in [1.165, 1.54) is 39.8 Å². The average Bonchev–Trinajstić information content (AvgIpc) is 3.17. The summed E-state index contributed by atoms with van der Waals surface area (Å²) in [6, 6.07) is 12.9. The fourth-order valence-electron chi connectivity index (χ4n) is 2.75. The molecule has 4 rings (SSSR count). The van der Waals surface area contributed by atoms with Gasteiger partial charge in [0.2, 0.25) is 16.9 Å². The lowest BCUT2D eigenvalue weighted by molar-refractivity contribution is -0.120. The van der Waals surface area contributed by atoms with E-state index in [2.05, 4.69) is 15.5 Å². The number of benzene rings is 2. The molecule has 2 heterocycles. The Hall–Kier alpha value is -1.78. The normalized spacial score (nSPS) is 13.3. The van der Waals surface area contributed by atoms with Gasteiger partial charge in [-0.1, -0.05) is 64.5 Å². The van der Waals surface area contributed by atoms with Gasteiger partial charge in [0.15, 0.2) is 4.34 Å². The van der Waals surface area contributed by atoms with Crippen molar-refractivity contribution in [3.05, 3.63) is 58.1 Å². The Morgan fingerprint density at radius 1 is 1.13 bits per heavy atom. The second-order valence-corrected chi connectivity index (χ2v) is 10.2. The smallest absolute Gasteiger partial charge is 0.246 e. The van der Waals surface area contributed by atoms with E-state index in [1.54, 1.807) is 18.2 Å². The molecular weight excluding hydrogens is 483 g/mol. The Bertz CT molecular complexity index is 1090. The van der Waals surface area contributed by atoms with Crippen LogP contribution in [0.2, 0.25) is 10.0 Å². The third-order valence-corrected chi connectivity index (χ3v) is 7.92. The standard InChI is InChI=1S/C19H14Cl2N4O2S3/c20-12-4-3-5-13(21)11(12)9-29-19-24-23-18(30-19)22-16(26)8-25-14-6-1-2-7-15(14)28-10-17(25)27/h1-7H,8-10H2,(H,22,23,26). The molecule has 0 saturated carbocycles. The molecule has 0 atom stereocenters. The van der Waals surface area contributed by atoms with Crippen LogP contribution in [0.15, 0.2) is 51.7 Å². The molecule has 11 heteroatoms. The van der Waals surface area contributed by atoms with E-state index >= 15 is 0 Å². The van der Waals surface area contributed by atoms with E-state index in [0.29, 0.717) is 31.0 Å². The van der Waals surface area contributed by atoms with Gasteiger partial charge in [-0.05, 0) is 29.8 Å². The molecule has 30 heavy (non-hydrogen) atoms. The molecule has 0 aliphatic carbocycles. The summed E-state index contributed by atoms with van der Waals surface area (Å²) >= 11 is 16.5. The molecule has 0 radical (unpaired) electrons. The Morgan fingerprint density at radius 3 is 2.70 bits per heavy atom. The monoisotopic (exact) mass is 496 g/mol. The molecule has 0 bridgehead atoms.